The lowest BCUT2D eigenvalue weighted by atomic mass is 10.1. The number of carbonyl (C=O) groups is 1. The smallest absolute Gasteiger partial charge is 0.270 e. The van der Waals surface area contributed by atoms with Gasteiger partial charge in [0.15, 0.2) is 0 Å². The largest absolute Gasteiger partial charge is 0.398 e. The first-order valence-corrected chi connectivity index (χ1v) is 6.01. The SMILES string of the molecule is CC(C)NC(=O)c1nccc2c(N)cc(Cl)cc12. The maximum absolute atomic E-state index is 12.0. The molecule has 94 valence electrons. The Labute approximate surface area is 110 Å². The van der Waals surface area contributed by atoms with Gasteiger partial charge in [-0.1, -0.05) is 11.6 Å². The molecule has 0 saturated heterocycles. The van der Waals surface area contributed by atoms with Crippen LogP contribution in [-0.4, -0.2) is 16.9 Å². The molecule has 0 bridgehead atoms. The normalized spacial score (nSPS) is 10.9. The first-order valence-electron chi connectivity index (χ1n) is 5.63. The van der Waals surface area contributed by atoms with Crippen molar-refractivity contribution in [2.75, 3.05) is 5.73 Å². The fourth-order valence-electron chi connectivity index (χ4n) is 1.79. The maximum Gasteiger partial charge on any atom is 0.270 e. The molecule has 0 saturated carbocycles. The van der Waals surface area contributed by atoms with Gasteiger partial charge in [0.2, 0.25) is 0 Å². The van der Waals surface area contributed by atoms with Gasteiger partial charge in [-0.25, -0.2) is 0 Å². The molecule has 0 spiro atoms. The van der Waals surface area contributed by atoms with Crippen LogP contribution in [0.15, 0.2) is 24.4 Å². The van der Waals surface area contributed by atoms with Crippen LogP contribution in [0.25, 0.3) is 10.8 Å². The molecule has 5 heteroatoms. The van der Waals surface area contributed by atoms with Crippen molar-refractivity contribution in [2.45, 2.75) is 19.9 Å². The van der Waals surface area contributed by atoms with Gasteiger partial charge in [0, 0.05) is 33.7 Å². The Kier molecular flexibility index (Phi) is 3.39. The molecule has 0 radical (unpaired) electrons. The number of carbonyl (C=O) groups excluding carboxylic acids is 1. The molecule has 0 unspecified atom stereocenters. The number of benzene rings is 1. The van der Waals surface area contributed by atoms with Crippen LogP contribution in [0.4, 0.5) is 5.69 Å². The van der Waals surface area contributed by atoms with Crippen LogP contribution >= 0.6 is 11.6 Å². The number of hydrogen-bond acceptors (Lipinski definition) is 3. The summed E-state index contributed by atoms with van der Waals surface area (Å²) in [5.41, 5.74) is 6.77. The number of aromatic nitrogens is 1. The van der Waals surface area contributed by atoms with Gasteiger partial charge < -0.3 is 11.1 Å². The summed E-state index contributed by atoms with van der Waals surface area (Å²) in [5.74, 6) is -0.225. The first-order chi connectivity index (χ1) is 8.49. The molecule has 0 aliphatic heterocycles. The van der Waals surface area contributed by atoms with E-state index < -0.39 is 0 Å². The van der Waals surface area contributed by atoms with Crippen LogP contribution in [0.5, 0.6) is 0 Å². The van der Waals surface area contributed by atoms with Gasteiger partial charge in [-0.3, -0.25) is 9.78 Å². The number of amides is 1. The molecule has 1 heterocycles. The van der Waals surface area contributed by atoms with E-state index in [1.807, 2.05) is 13.8 Å². The highest BCUT2D eigenvalue weighted by Crippen LogP contribution is 2.27. The van der Waals surface area contributed by atoms with Crippen LogP contribution in [0, 0.1) is 0 Å². The molecule has 3 N–H and O–H groups in total. The average Bonchev–Trinajstić information content (AvgIpc) is 2.27. The highest BCUT2D eigenvalue weighted by Gasteiger charge is 2.14. The summed E-state index contributed by atoms with van der Waals surface area (Å²) in [5, 5.41) is 4.75. The Morgan fingerprint density at radius 2 is 2.11 bits per heavy atom. The Morgan fingerprint density at radius 3 is 2.78 bits per heavy atom. The number of hydrogen-bond donors (Lipinski definition) is 2. The van der Waals surface area contributed by atoms with Crippen molar-refractivity contribution < 1.29 is 4.79 Å². The van der Waals surface area contributed by atoms with Gasteiger partial charge >= 0.3 is 0 Å². The number of nitrogen functional groups attached to an aromatic ring is 1. The second kappa shape index (κ2) is 4.82. The van der Waals surface area contributed by atoms with E-state index in [9.17, 15) is 4.79 Å². The third-order valence-corrected chi connectivity index (χ3v) is 2.73. The topological polar surface area (TPSA) is 68.0 Å². The van der Waals surface area contributed by atoms with E-state index in [1.165, 1.54) is 0 Å². The van der Waals surface area contributed by atoms with E-state index in [0.717, 1.165) is 5.39 Å². The zero-order chi connectivity index (χ0) is 13.3. The number of nitrogens with zero attached hydrogens (tertiary/aromatic N) is 1. The monoisotopic (exact) mass is 263 g/mol. The standard InChI is InChI=1S/C13H14ClN3O/c1-7(2)17-13(18)12-10-5-8(14)6-11(15)9(10)3-4-16-12/h3-7H,15H2,1-2H3,(H,17,18). The van der Waals surface area contributed by atoms with E-state index in [4.69, 9.17) is 17.3 Å². The van der Waals surface area contributed by atoms with Crippen LogP contribution < -0.4 is 11.1 Å². The van der Waals surface area contributed by atoms with Crippen molar-refractivity contribution >= 4 is 34.0 Å². The van der Waals surface area contributed by atoms with E-state index >= 15 is 0 Å². The molecule has 2 rings (SSSR count). The summed E-state index contributed by atoms with van der Waals surface area (Å²) in [4.78, 5) is 16.2. The van der Waals surface area contributed by atoms with Crippen molar-refractivity contribution in [3.05, 3.63) is 35.1 Å². The van der Waals surface area contributed by atoms with Gasteiger partial charge in [-0.05, 0) is 32.0 Å². The van der Waals surface area contributed by atoms with Crippen LogP contribution in [0.2, 0.25) is 5.02 Å². The number of nitrogens with one attached hydrogen (secondary N) is 1. The van der Waals surface area contributed by atoms with E-state index in [0.29, 0.717) is 21.8 Å². The van der Waals surface area contributed by atoms with Gasteiger partial charge in [0.1, 0.15) is 5.69 Å². The summed E-state index contributed by atoms with van der Waals surface area (Å²) < 4.78 is 0. The average molecular weight is 264 g/mol. The predicted octanol–water partition coefficient (Wildman–Crippen LogP) is 2.61. The summed E-state index contributed by atoms with van der Waals surface area (Å²) in [6, 6.07) is 5.18. The van der Waals surface area contributed by atoms with Crippen molar-refractivity contribution in [2.24, 2.45) is 0 Å². The highest BCUT2D eigenvalue weighted by molar-refractivity contribution is 6.32. The summed E-state index contributed by atoms with van der Waals surface area (Å²) in [6.07, 6.45) is 1.57. The number of rotatable bonds is 2. The molecule has 4 nitrogen and oxygen atoms in total. The van der Waals surface area contributed by atoms with Crippen molar-refractivity contribution in [1.29, 1.82) is 0 Å². The number of nitrogens with two attached hydrogens (primary N) is 1. The first kappa shape index (κ1) is 12.6. The molecule has 1 amide bonds. The number of anilines is 1. The Hall–Kier alpha value is -1.81. The van der Waals surface area contributed by atoms with Gasteiger partial charge in [0.25, 0.3) is 5.91 Å². The maximum atomic E-state index is 12.0. The number of halogens is 1. The summed E-state index contributed by atoms with van der Waals surface area (Å²) in [7, 11) is 0. The lowest BCUT2D eigenvalue weighted by Crippen LogP contribution is -2.30. The third kappa shape index (κ3) is 2.38. The number of fused-ring (bicyclic) bond motifs is 1. The molecule has 0 aliphatic carbocycles. The molecule has 1 aromatic carbocycles. The molecule has 2 aromatic rings. The minimum Gasteiger partial charge on any atom is -0.398 e. The summed E-state index contributed by atoms with van der Waals surface area (Å²) >= 11 is 5.97. The Morgan fingerprint density at radius 1 is 1.39 bits per heavy atom. The second-order valence-electron chi connectivity index (χ2n) is 4.38. The van der Waals surface area contributed by atoms with Crippen LogP contribution in [0.1, 0.15) is 24.3 Å². The molecular weight excluding hydrogens is 250 g/mol. The second-order valence-corrected chi connectivity index (χ2v) is 4.81. The number of pyridine rings is 1. The van der Waals surface area contributed by atoms with Crippen molar-refractivity contribution in [1.82, 2.24) is 10.3 Å². The zero-order valence-electron chi connectivity index (χ0n) is 10.2. The summed E-state index contributed by atoms with van der Waals surface area (Å²) in [6.45, 7) is 3.79. The molecule has 0 fully saturated rings. The zero-order valence-corrected chi connectivity index (χ0v) is 11.0. The van der Waals surface area contributed by atoms with E-state index in [2.05, 4.69) is 10.3 Å². The fourth-order valence-corrected chi connectivity index (χ4v) is 2.02. The quantitative estimate of drug-likeness (QED) is 0.819. The lowest BCUT2D eigenvalue weighted by molar-refractivity contribution is 0.0940. The minimum atomic E-state index is -0.225. The van der Waals surface area contributed by atoms with E-state index in [1.54, 1.807) is 24.4 Å². The minimum absolute atomic E-state index is 0.0473. The Balaban J connectivity index is 2.61. The van der Waals surface area contributed by atoms with Crippen molar-refractivity contribution in [3.63, 3.8) is 0 Å². The molecular formula is C13H14ClN3O. The van der Waals surface area contributed by atoms with Gasteiger partial charge in [0.05, 0.1) is 0 Å². The highest BCUT2D eigenvalue weighted by atomic mass is 35.5. The van der Waals surface area contributed by atoms with Gasteiger partial charge in [-0.2, -0.15) is 0 Å². The lowest BCUT2D eigenvalue weighted by Gasteiger charge is -2.10. The predicted molar refractivity (Wildman–Crippen MR) is 73.8 cm³/mol. The van der Waals surface area contributed by atoms with Crippen LogP contribution in [-0.2, 0) is 0 Å². The fraction of sp³-hybridized carbons (Fsp3) is 0.231. The molecule has 0 atom stereocenters. The third-order valence-electron chi connectivity index (χ3n) is 2.51. The molecule has 18 heavy (non-hydrogen) atoms. The Bertz CT molecular complexity index is 610. The molecule has 0 aliphatic rings. The molecule has 1 aromatic heterocycles. The van der Waals surface area contributed by atoms with Crippen molar-refractivity contribution in [3.8, 4) is 0 Å². The van der Waals surface area contributed by atoms with E-state index in [-0.39, 0.29) is 11.9 Å². The van der Waals surface area contributed by atoms with Crippen LogP contribution in [0.3, 0.4) is 0 Å². The van der Waals surface area contributed by atoms with Gasteiger partial charge in [-0.15, -0.1) is 0 Å².